The van der Waals surface area contributed by atoms with Crippen LogP contribution >= 0.6 is 0 Å². The van der Waals surface area contributed by atoms with Gasteiger partial charge in [0.15, 0.2) is 0 Å². The number of aryl methyl sites for hydroxylation is 1. The number of anilines is 2. The summed E-state index contributed by atoms with van der Waals surface area (Å²) < 4.78 is 5.82. The van der Waals surface area contributed by atoms with Crippen molar-refractivity contribution >= 4 is 17.7 Å². The second kappa shape index (κ2) is 23.3. The molecule has 0 bridgehead atoms. The van der Waals surface area contributed by atoms with E-state index in [-0.39, 0.29) is 0 Å². The first-order valence-electron chi connectivity index (χ1n) is 13.4. The average Bonchev–Trinajstić information content (AvgIpc) is 2.91. The molecule has 0 fully saturated rings. The third-order valence-corrected chi connectivity index (χ3v) is 4.96. The molecule has 0 unspecified atom stereocenters. The van der Waals surface area contributed by atoms with Crippen LogP contribution < -0.4 is 20.9 Å². The lowest BCUT2D eigenvalue weighted by molar-refractivity contribution is -0.842. The quantitative estimate of drug-likeness (QED) is 0.117. The summed E-state index contributed by atoms with van der Waals surface area (Å²) >= 11 is 0. The zero-order chi connectivity index (χ0) is 27.7. The Hall–Kier alpha value is -3.16. The van der Waals surface area contributed by atoms with Gasteiger partial charge >= 0.3 is 0 Å². The number of pyridine rings is 1. The standard InChI is InChI=1S/C20H34N4O2.C8H9N.C2H6/c1-4-13-24(14-5-2)18-16-19(21)23-20(17-18)26-15-11-9-7-6-8-10-12-22-25-3;1-7-3-2-4-8(5-7)6-9;1-2/h6,8,10,12,16-17,22H,4-5,7,9,11,13-15H2,1-3H3,(H2,21,23);2-6,9H,1H3;1-2H3/p+1/b8-6-,12-10-;;. The van der Waals surface area contributed by atoms with E-state index in [1.807, 2.05) is 75.5 Å². The highest BCUT2D eigenvalue weighted by Crippen LogP contribution is 2.23. The number of aromatic nitrogens is 1. The molecular weight excluding hydrogens is 462 g/mol. The summed E-state index contributed by atoms with van der Waals surface area (Å²) in [5, 5.41) is 6.92. The van der Waals surface area contributed by atoms with Crippen molar-refractivity contribution in [2.24, 2.45) is 0 Å². The lowest BCUT2D eigenvalue weighted by Crippen LogP contribution is -2.75. The van der Waals surface area contributed by atoms with Crippen molar-refractivity contribution < 1.29 is 15.1 Å². The van der Waals surface area contributed by atoms with Crippen LogP contribution in [-0.4, -0.2) is 38.0 Å². The number of hydrogen-bond acceptors (Lipinski definition) is 6. The van der Waals surface area contributed by atoms with Gasteiger partial charge in [-0.25, -0.2) is 4.84 Å². The lowest BCUT2D eigenvalue weighted by Gasteiger charge is -2.24. The van der Waals surface area contributed by atoms with Crippen LogP contribution in [0.4, 0.5) is 11.5 Å². The summed E-state index contributed by atoms with van der Waals surface area (Å²) in [6.07, 6.45) is 14.6. The number of unbranched alkanes of at least 4 members (excludes halogenated alkanes) is 2. The van der Waals surface area contributed by atoms with Crippen molar-refractivity contribution in [3.8, 4) is 5.88 Å². The highest BCUT2D eigenvalue weighted by molar-refractivity contribution is 5.76. The van der Waals surface area contributed by atoms with Gasteiger partial charge in [-0.15, -0.1) is 0 Å². The molecule has 2 rings (SSSR count). The van der Waals surface area contributed by atoms with Crippen LogP contribution in [0.3, 0.4) is 0 Å². The van der Waals surface area contributed by atoms with Gasteiger partial charge in [0.2, 0.25) is 5.88 Å². The molecule has 0 spiro atoms. The van der Waals surface area contributed by atoms with Crippen molar-refractivity contribution in [3.63, 3.8) is 0 Å². The smallest absolute Gasteiger partial charge is 0.217 e. The molecule has 7 nitrogen and oxygen atoms in total. The number of nitrogens with zero attached hydrogens (tertiary/aromatic N) is 2. The zero-order valence-corrected chi connectivity index (χ0v) is 23.9. The molecule has 1 aromatic carbocycles. The molecule has 7 heteroatoms. The van der Waals surface area contributed by atoms with Gasteiger partial charge in [-0.2, -0.15) is 10.5 Å². The normalized spacial score (nSPS) is 10.4. The third kappa shape index (κ3) is 17.0. The van der Waals surface area contributed by atoms with E-state index in [2.05, 4.69) is 29.8 Å². The van der Waals surface area contributed by atoms with Crippen LogP contribution in [0.25, 0.3) is 0 Å². The Morgan fingerprint density at radius 3 is 2.38 bits per heavy atom. The Labute approximate surface area is 225 Å². The maximum atomic E-state index is 6.92. The fraction of sp³-hybridized carbons (Fsp3) is 0.467. The van der Waals surface area contributed by atoms with E-state index in [1.54, 1.807) is 12.6 Å². The number of nitrogens with two attached hydrogens (primary N) is 2. The molecule has 0 aliphatic rings. The Morgan fingerprint density at radius 1 is 1.05 bits per heavy atom. The summed E-state index contributed by atoms with van der Waals surface area (Å²) in [5.41, 5.74) is 10.9. The number of benzene rings is 1. The van der Waals surface area contributed by atoms with Crippen LogP contribution in [0.15, 0.2) is 60.8 Å². The van der Waals surface area contributed by atoms with Gasteiger partial charge in [-0.05, 0) is 50.7 Å². The molecule has 2 aromatic rings. The number of rotatable bonds is 15. The fourth-order valence-corrected chi connectivity index (χ4v) is 3.34. The second-order valence-electron chi connectivity index (χ2n) is 8.16. The van der Waals surface area contributed by atoms with Crippen LogP contribution in [0.2, 0.25) is 0 Å². The van der Waals surface area contributed by atoms with E-state index < -0.39 is 0 Å². The molecule has 1 heterocycles. The van der Waals surface area contributed by atoms with Gasteiger partial charge in [-0.1, -0.05) is 69.7 Å². The Bertz CT molecular complexity index is 893. The molecule has 0 radical (unpaired) electrons. The first kappa shape index (κ1) is 33.8. The summed E-state index contributed by atoms with van der Waals surface area (Å²) in [6, 6.07) is 11.8. The van der Waals surface area contributed by atoms with Crippen molar-refractivity contribution in [1.29, 1.82) is 5.41 Å². The summed E-state index contributed by atoms with van der Waals surface area (Å²) in [5.74, 6) is 1.13. The molecule has 0 amide bonds. The van der Waals surface area contributed by atoms with Gasteiger partial charge in [0, 0.05) is 37.1 Å². The Kier molecular flexibility index (Phi) is 21.3. The second-order valence-corrected chi connectivity index (χ2v) is 8.16. The number of nitrogen functional groups attached to an aromatic ring is 1. The first-order chi connectivity index (χ1) is 18.0. The SMILES string of the molecule is CC.CCCN(CCC)c1cc(N)nc(OCCCC/C=C\C=C/[NH2+]OC)c1.Cc1cccc(C=N)c1. The monoisotopic (exact) mass is 512 g/mol. The minimum Gasteiger partial charge on any atom is -0.478 e. The maximum absolute atomic E-state index is 6.92. The predicted octanol–water partition coefficient (Wildman–Crippen LogP) is 6.05. The van der Waals surface area contributed by atoms with E-state index in [1.165, 1.54) is 11.8 Å². The van der Waals surface area contributed by atoms with Gasteiger partial charge < -0.3 is 20.8 Å². The van der Waals surface area contributed by atoms with Crippen molar-refractivity contribution in [2.45, 2.75) is 66.7 Å². The van der Waals surface area contributed by atoms with E-state index in [0.29, 0.717) is 18.3 Å². The fourth-order valence-electron chi connectivity index (χ4n) is 3.34. The number of ether oxygens (including phenoxy) is 1. The number of hydrogen-bond donors (Lipinski definition) is 3. The van der Waals surface area contributed by atoms with Crippen molar-refractivity contribution in [2.75, 3.05) is 37.4 Å². The van der Waals surface area contributed by atoms with E-state index in [9.17, 15) is 0 Å². The minimum atomic E-state index is 0.511. The van der Waals surface area contributed by atoms with Gasteiger partial charge in [0.05, 0.1) is 13.7 Å². The Morgan fingerprint density at radius 2 is 1.78 bits per heavy atom. The van der Waals surface area contributed by atoms with Crippen LogP contribution in [0.5, 0.6) is 5.88 Å². The van der Waals surface area contributed by atoms with Crippen LogP contribution in [0.1, 0.15) is 70.9 Å². The van der Waals surface area contributed by atoms with Gasteiger partial charge in [0.25, 0.3) is 0 Å². The van der Waals surface area contributed by atoms with Crippen molar-refractivity contribution in [1.82, 2.24) is 4.98 Å². The topological polar surface area (TPSA) is 101 Å². The van der Waals surface area contributed by atoms with Gasteiger partial charge in [-0.3, -0.25) is 0 Å². The highest BCUT2D eigenvalue weighted by atomic mass is 16.6. The maximum Gasteiger partial charge on any atom is 0.217 e. The van der Waals surface area contributed by atoms with Crippen LogP contribution in [-0.2, 0) is 4.84 Å². The molecule has 0 aliphatic heterocycles. The van der Waals surface area contributed by atoms with Crippen LogP contribution in [0, 0.1) is 12.3 Å². The molecular formula is C30H50N5O2+. The number of allylic oxidation sites excluding steroid dienone is 3. The molecule has 0 saturated carbocycles. The summed E-state index contributed by atoms with van der Waals surface area (Å²) in [7, 11) is 1.64. The van der Waals surface area contributed by atoms with E-state index >= 15 is 0 Å². The predicted molar refractivity (Wildman–Crippen MR) is 158 cm³/mol. The molecule has 5 N–H and O–H groups in total. The number of quaternary nitrogens is 1. The summed E-state index contributed by atoms with van der Waals surface area (Å²) in [4.78, 5) is 11.5. The largest absolute Gasteiger partial charge is 0.478 e. The highest BCUT2D eigenvalue weighted by Gasteiger charge is 2.08. The average molecular weight is 513 g/mol. The Balaban J connectivity index is 0.000000977. The molecule has 0 aliphatic carbocycles. The van der Waals surface area contributed by atoms with E-state index in [0.717, 1.165) is 56.4 Å². The van der Waals surface area contributed by atoms with Gasteiger partial charge in [0.1, 0.15) is 12.0 Å². The molecule has 0 saturated heterocycles. The van der Waals surface area contributed by atoms with E-state index in [4.69, 9.17) is 20.7 Å². The molecule has 1 aromatic heterocycles. The van der Waals surface area contributed by atoms with Crippen molar-refractivity contribution in [3.05, 3.63) is 72.0 Å². The zero-order valence-electron chi connectivity index (χ0n) is 23.9. The lowest BCUT2D eigenvalue weighted by atomic mass is 10.2. The summed E-state index contributed by atoms with van der Waals surface area (Å²) in [6.45, 7) is 13.1. The number of hydroxylamine groups is 1. The molecule has 206 valence electrons. The number of nitrogens with one attached hydrogen (secondary N) is 1. The minimum absolute atomic E-state index is 0.511. The first-order valence-corrected chi connectivity index (χ1v) is 13.4. The molecule has 37 heavy (non-hydrogen) atoms. The molecule has 0 atom stereocenters. The third-order valence-electron chi connectivity index (χ3n) is 4.96.